The number of aliphatic hydroxyl groups excluding tert-OH is 1. The molecule has 0 saturated heterocycles. The number of hydrogen-bond donors (Lipinski definition) is 1. The summed E-state index contributed by atoms with van der Waals surface area (Å²) in [5, 5.41) is 13.1. The molecule has 0 unspecified atom stereocenters. The predicted octanol–water partition coefficient (Wildman–Crippen LogP) is 3.44. The molecule has 0 spiro atoms. The quantitative estimate of drug-likeness (QED) is 0.450. The van der Waals surface area contributed by atoms with E-state index in [1.165, 1.54) is 23.4 Å². The van der Waals surface area contributed by atoms with Crippen molar-refractivity contribution in [2.75, 3.05) is 12.4 Å². The molecular weight excluding hydrogens is 410 g/mol. The molecule has 0 fully saturated rings. The van der Waals surface area contributed by atoms with E-state index in [2.05, 4.69) is 38.1 Å². The third kappa shape index (κ3) is 3.95. The van der Waals surface area contributed by atoms with Gasteiger partial charge in [-0.25, -0.2) is 4.79 Å². The summed E-state index contributed by atoms with van der Waals surface area (Å²) in [6, 6.07) is 14.4. The van der Waals surface area contributed by atoms with Gasteiger partial charge in [-0.1, -0.05) is 56.3 Å². The lowest BCUT2D eigenvalue weighted by Crippen LogP contribution is -2.38. The van der Waals surface area contributed by atoms with E-state index in [0.29, 0.717) is 29.7 Å². The van der Waals surface area contributed by atoms with Crippen molar-refractivity contribution in [1.82, 2.24) is 13.7 Å². The molecule has 0 aliphatic rings. The number of benzene rings is 2. The molecule has 0 bridgehead atoms. The lowest BCUT2D eigenvalue weighted by atomic mass is 10.0. The monoisotopic (exact) mass is 437 g/mol. The minimum absolute atomic E-state index is 0.0115. The Morgan fingerprint density at radius 2 is 1.81 bits per heavy atom. The van der Waals surface area contributed by atoms with E-state index in [-0.39, 0.29) is 23.8 Å². The van der Waals surface area contributed by atoms with Crippen LogP contribution in [-0.4, -0.2) is 31.2 Å². The van der Waals surface area contributed by atoms with E-state index in [1.54, 1.807) is 4.57 Å². The van der Waals surface area contributed by atoms with Crippen LogP contribution in [0.4, 0.5) is 0 Å². The molecule has 162 valence electrons. The third-order valence-corrected chi connectivity index (χ3v) is 6.53. The highest BCUT2D eigenvalue weighted by atomic mass is 32.2. The maximum atomic E-state index is 13.1. The molecule has 1 N–H and O–H groups in total. The van der Waals surface area contributed by atoms with Crippen LogP contribution < -0.4 is 11.2 Å². The number of thioether (sulfide) groups is 1. The van der Waals surface area contributed by atoms with E-state index >= 15 is 0 Å². The molecule has 2 aromatic carbocycles. The Balaban J connectivity index is 1.97. The SMILES string of the molecule is CC(C)Cn1c(=O)n(C)c(=O)c2c(SCCO)n(Cc3cccc4ccccc34)cc21. The Bertz CT molecular complexity index is 1360. The first-order valence-electron chi connectivity index (χ1n) is 10.4. The fraction of sp³-hybridized carbons (Fsp3) is 0.333. The van der Waals surface area contributed by atoms with Crippen LogP contribution in [-0.2, 0) is 20.1 Å². The van der Waals surface area contributed by atoms with Gasteiger partial charge in [-0.3, -0.25) is 13.9 Å². The average Bonchev–Trinajstić information content (AvgIpc) is 3.11. The predicted molar refractivity (Wildman–Crippen MR) is 127 cm³/mol. The maximum absolute atomic E-state index is 13.1. The molecule has 0 radical (unpaired) electrons. The standard InChI is InChI=1S/C24H27N3O3S/c1-16(2)13-27-20-15-26(14-18-9-6-8-17-7-4-5-10-19(17)18)23(31-12-11-28)21(20)22(29)25(3)24(27)30/h4-10,15-16,28H,11-14H2,1-3H3. The summed E-state index contributed by atoms with van der Waals surface area (Å²) in [6.45, 7) is 5.22. The van der Waals surface area contributed by atoms with Gasteiger partial charge in [-0.05, 0) is 22.3 Å². The molecule has 6 nitrogen and oxygen atoms in total. The number of hydrogen-bond acceptors (Lipinski definition) is 4. The zero-order chi connectivity index (χ0) is 22.1. The molecule has 0 aliphatic carbocycles. The molecule has 0 saturated carbocycles. The normalized spacial score (nSPS) is 11.8. The molecule has 0 aliphatic heterocycles. The van der Waals surface area contributed by atoms with Crippen LogP contribution in [0.15, 0.2) is 63.3 Å². The third-order valence-electron chi connectivity index (χ3n) is 5.43. The Morgan fingerprint density at radius 3 is 2.55 bits per heavy atom. The van der Waals surface area contributed by atoms with Gasteiger partial charge in [-0.2, -0.15) is 0 Å². The van der Waals surface area contributed by atoms with Crippen LogP contribution in [0.5, 0.6) is 0 Å². The van der Waals surface area contributed by atoms with Crippen LogP contribution in [0.3, 0.4) is 0 Å². The van der Waals surface area contributed by atoms with Crippen molar-refractivity contribution in [3.63, 3.8) is 0 Å². The smallest absolute Gasteiger partial charge is 0.331 e. The van der Waals surface area contributed by atoms with Gasteiger partial charge in [0.25, 0.3) is 5.56 Å². The average molecular weight is 438 g/mol. The zero-order valence-corrected chi connectivity index (χ0v) is 18.9. The van der Waals surface area contributed by atoms with Crippen molar-refractivity contribution in [2.45, 2.75) is 32.0 Å². The van der Waals surface area contributed by atoms with Gasteiger partial charge in [0.05, 0.1) is 22.5 Å². The molecule has 0 atom stereocenters. The summed E-state index contributed by atoms with van der Waals surface area (Å²) < 4.78 is 4.93. The van der Waals surface area contributed by atoms with Crippen LogP contribution in [0.25, 0.3) is 21.7 Å². The molecule has 0 amide bonds. The molecular formula is C24H27N3O3S. The fourth-order valence-corrected chi connectivity index (χ4v) is 4.94. The van der Waals surface area contributed by atoms with Crippen LogP contribution in [0, 0.1) is 5.92 Å². The van der Waals surface area contributed by atoms with Crippen molar-refractivity contribution in [3.8, 4) is 0 Å². The Labute approximate surface area is 184 Å². The summed E-state index contributed by atoms with van der Waals surface area (Å²) in [7, 11) is 1.53. The van der Waals surface area contributed by atoms with Gasteiger partial charge < -0.3 is 9.67 Å². The molecule has 31 heavy (non-hydrogen) atoms. The van der Waals surface area contributed by atoms with Gasteiger partial charge in [0.15, 0.2) is 0 Å². The van der Waals surface area contributed by atoms with Gasteiger partial charge in [0.1, 0.15) is 0 Å². The van der Waals surface area contributed by atoms with E-state index < -0.39 is 0 Å². The number of rotatable bonds is 7. The number of aromatic nitrogens is 3. The highest BCUT2D eigenvalue weighted by Gasteiger charge is 2.20. The first-order valence-corrected chi connectivity index (χ1v) is 11.4. The minimum Gasteiger partial charge on any atom is -0.396 e. The number of nitrogens with zero attached hydrogens (tertiary/aromatic N) is 3. The highest BCUT2D eigenvalue weighted by molar-refractivity contribution is 7.99. The Morgan fingerprint density at radius 1 is 1.06 bits per heavy atom. The zero-order valence-electron chi connectivity index (χ0n) is 18.0. The van der Waals surface area contributed by atoms with Gasteiger partial charge in [0, 0.05) is 32.1 Å². The Hall–Kier alpha value is -2.77. The molecule has 2 aromatic heterocycles. The molecule has 4 aromatic rings. The molecule has 4 rings (SSSR count). The summed E-state index contributed by atoms with van der Waals surface area (Å²) >= 11 is 1.45. The number of fused-ring (bicyclic) bond motifs is 2. The van der Waals surface area contributed by atoms with Gasteiger partial charge in [-0.15, -0.1) is 11.8 Å². The van der Waals surface area contributed by atoms with Crippen molar-refractivity contribution in [3.05, 3.63) is 75.1 Å². The van der Waals surface area contributed by atoms with Gasteiger partial charge in [0.2, 0.25) is 0 Å². The lowest BCUT2D eigenvalue weighted by Gasteiger charge is -2.12. The van der Waals surface area contributed by atoms with E-state index in [0.717, 1.165) is 21.4 Å². The van der Waals surface area contributed by atoms with Crippen LogP contribution >= 0.6 is 11.8 Å². The summed E-state index contributed by atoms with van der Waals surface area (Å²) in [6.07, 6.45) is 1.92. The van der Waals surface area contributed by atoms with Crippen molar-refractivity contribution in [1.29, 1.82) is 0 Å². The second-order valence-electron chi connectivity index (χ2n) is 8.18. The summed E-state index contributed by atoms with van der Waals surface area (Å²) in [5.41, 5.74) is 1.20. The lowest BCUT2D eigenvalue weighted by molar-refractivity contribution is 0.322. The highest BCUT2D eigenvalue weighted by Crippen LogP contribution is 2.29. The topological polar surface area (TPSA) is 69.2 Å². The fourth-order valence-electron chi connectivity index (χ4n) is 4.04. The second kappa shape index (κ2) is 8.77. The van der Waals surface area contributed by atoms with E-state index in [9.17, 15) is 14.7 Å². The Kier molecular flexibility index (Phi) is 6.07. The first kappa shape index (κ1) is 21.5. The van der Waals surface area contributed by atoms with Crippen molar-refractivity contribution in [2.24, 2.45) is 13.0 Å². The largest absolute Gasteiger partial charge is 0.396 e. The van der Waals surface area contributed by atoms with Crippen LogP contribution in [0.1, 0.15) is 19.4 Å². The van der Waals surface area contributed by atoms with E-state index in [4.69, 9.17) is 0 Å². The first-order chi connectivity index (χ1) is 14.9. The van der Waals surface area contributed by atoms with Crippen molar-refractivity contribution >= 4 is 33.4 Å². The minimum atomic E-state index is -0.299. The van der Waals surface area contributed by atoms with Gasteiger partial charge >= 0.3 is 5.69 Å². The second-order valence-corrected chi connectivity index (χ2v) is 9.27. The van der Waals surface area contributed by atoms with Crippen LogP contribution in [0.2, 0.25) is 0 Å². The van der Waals surface area contributed by atoms with E-state index in [1.807, 2.05) is 29.0 Å². The van der Waals surface area contributed by atoms with Crippen molar-refractivity contribution < 1.29 is 5.11 Å². The summed E-state index contributed by atoms with van der Waals surface area (Å²) in [5.74, 6) is 0.731. The summed E-state index contributed by atoms with van der Waals surface area (Å²) in [4.78, 5) is 26.0. The molecule has 2 heterocycles. The molecule has 7 heteroatoms. The number of aliphatic hydroxyl groups is 1. The maximum Gasteiger partial charge on any atom is 0.331 e.